The molecule has 1 aromatic carbocycles. The summed E-state index contributed by atoms with van der Waals surface area (Å²) < 4.78 is 15.8. The van der Waals surface area contributed by atoms with Crippen molar-refractivity contribution >= 4 is 28.2 Å². The van der Waals surface area contributed by atoms with Crippen molar-refractivity contribution in [2.24, 2.45) is 0 Å². The van der Waals surface area contributed by atoms with Gasteiger partial charge in [-0.2, -0.15) is 14.6 Å². The standard InChI is InChI=1S/C27H28FN9/c1-35-8-10-36(11-9-35)24-16-30-37-26(24)33-25(17-12-18(28)15-29-14-17)34-27(37)31-19-6-7-23-21(13-19)20-4-2-3-5-22(20)32-23/h2-5,12,14-16,19,32H,6-11,13H2,1H3,(H,31,33,34). The van der Waals surface area contributed by atoms with Crippen LogP contribution >= 0.6 is 0 Å². The van der Waals surface area contributed by atoms with Crippen LogP contribution in [0, 0.1) is 5.82 Å². The fraction of sp³-hybridized carbons (Fsp3) is 0.333. The van der Waals surface area contributed by atoms with Crippen molar-refractivity contribution in [3.8, 4) is 11.4 Å². The van der Waals surface area contributed by atoms with Crippen LogP contribution in [0.15, 0.2) is 48.9 Å². The molecule has 5 heterocycles. The molecule has 7 rings (SSSR count). The quantitative estimate of drug-likeness (QED) is 0.393. The lowest BCUT2D eigenvalue weighted by Crippen LogP contribution is -2.44. The molecular weight excluding hydrogens is 469 g/mol. The van der Waals surface area contributed by atoms with Crippen LogP contribution in [0.4, 0.5) is 16.0 Å². The van der Waals surface area contributed by atoms with Gasteiger partial charge < -0.3 is 20.1 Å². The molecule has 9 nitrogen and oxygen atoms in total. The summed E-state index contributed by atoms with van der Waals surface area (Å²) in [6.07, 6.45) is 7.47. The zero-order chi connectivity index (χ0) is 24.9. The number of pyridine rings is 1. The first-order chi connectivity index (χ1) is 18.1. The van der Waals surface area contributed by atoms with Crippen molar-refractivity contribution in [1.29, 1.82) is 0 Å². The first-order valence-corrected chi connectivity index (χ1v) is 12.8. The average Bonchev–Trinajstić information content (AvgIpc) is 3.51. The maximum Gasteiger partial charge on any atom is 0.228 e. The second kappa shape index (κ2) is 8.81. The number of anilines is 2. The molecule has 1 aliphatic heterocycles. The highest BCUT2D eigenvalue weighted by Gasteiger charge is 2.26. The molecule has 0 radical (unpaired) electrons. The second-order valence-electron chi connectivity index (χ2n) is 10.0. The third-order valence-corrected chi connectivity index (χ3v) is 7.59. The first kappa shape index (κ1) is 22.2. The van der Waals surface area contributed by atoms with Crippen molar-refractivity contribution in [2.75, 3.05) is 43.4 Å². The predicted molar refractivity (Wildman–Crippen MR) is 141 cm³/mol. The van der Waals surface area contributed by atoms with Gasteiger partial charge >= 0.3 is 0 Å². The van der Waals surface area contributed by atoms with E-state index < -0.39 is 5.82 Å². The number of para-hydroxylation sites is 1. The number of nitrogens with one attached hydrogen (secondary N) is 2. The molecule has 2 aliphatic rings. The maximum atomic E-state index is 14.1. The van der Waals surface area contributed by atoms with Crippen LogP contribution in [0.1, 0.15) is 17.7 Å². The van der Waals surface area contributed by atoms with Crippen molar-refractivity contribution in [3.63, 3.8) is 0 Å². The Kier molecular flexibility index (Phi) is 5.28. The summed E-state index contributed by atoms with van der Waals surface area (Å²) in [5.41, 5.74) is 6.07. The fourth-order valence-electron chi connectivity index (χ4n) is 5.57. The average molecular weight is 498 g/mol. The number of aromatic amines is 1. The Hall–Kier alpha value is -4.05. The van der Waals surface area contributed by atoms with Crippen LogP contribution in [-0.4, -0.2) is 73.7 Å². The number of fused-ring (bicyclic) bond motifs is 4. The summed E-state index contributed by atoms with van der Waals surface area (Å²) in [5, 5.41) is 9.63. The first-order valence-electron chi connectivity index (χ1n) is 12.8. The van der Waals surface area contributed by atoms with Crippen LogP contribution in [0.25, 0.3) is 27.9 Å². The number of rotatable bonds is 4. The highest BCUT2D eigenvalue weighted by atomic mass is 19.1. The topological polar surface area (TPSA) is 90.3 Å². The lowest BCUT2D eigenvalue weighted by Gasteiger charge is -2.33. The van der Waals surface area contributed by atoms with E-state index in [1.54, 1.807) is 10.7 Å². The van der Waals surface area contributed by atoms with Crippen molar-refractivity contribution in [1.82, 2.24) is 34.4 Å². The molecule has 0 spiro atoms. The molecular formula is C27H28FN9. The second-order valence-corrected chi connectivity index (χ2v) is 10.0. The number of piperazine rings is 1. The third kappa shape index (κ3) is 3.97. The molecule has 0 bridgehead atoms. The molecule has 1 aliphatic carbocycles. The van der Waals surface area contributed by atoms with Crippen LogP contribution < -0.4 is 10.2 Å². The van der Waals surface area contributed by atoms with Crippen molar-refractivity contribution in [2.45, 2.75) is 25.3 Å². The van der Waals surface area contributed by atoms with E-state index >= 15 is 0 Å². The van der Waals surface area contributed by atoms with Gasteiger partial charge in [0, 0.05) is 60.6 Å². The third-order valence-electron chi connectivity index (χ3n) is 7.59. The van der Waals surface area contributed by atoms with E-state index in [9.17, 15) is 4.39 Å². The van der Waals surface area contributed by atoms with Crippen LogP contribution in [0.2, 0.25) is 0 Å². The number of halogens is 1. The maximum absolute atomic E-state index is 14.1. The molecule has 10 heteroatoms. The normalized spacial score (nSPS) is 18.4. The van der Waals surface area contributed by atoms with E-state index in [-0.39, 0.29) is 6.04 Å². The van der Waals surface area contributed by atoms with Gasteiger partial charge in [0.25, 0.3) is 0 Å². The number of likely N-dealkylation sites (N-methyl/N-ethyl adjacent to an activating group) is 1. The number of hydrogen-bond acceptors (Lipinski definition) is 7. The molecule has 0 amide bonds. The minimum absolute atomic E-state index is 0.180. The van der Waals surface area contributed by atoms with Crippen molar-refractivity contribution in [3.05, 3.63) is 66.0 Å². The smallest absolute Gasteiger partial charge is 0.228 e. The SMILES string of the molecule is CN1CCN(c2cnn3c(NC4CCc5[nH]c6ccccc6c5C4)nc(-c4cncc(F)c4)nc23)CC1. The van der Waals surface area contributed by atoms with Crippen LogP contribution in [0.5, 0.6) is 0 Å². The summed E-state index contributed by atoms with van der Waals surface area (Å²) >= 11 is 0. The van der Waals surface area contributed by atoms with E-state index in [0.29, 0.717) is 23.0 Å². The monoisotopic (exact) mass is 497 g/mol. The van der Waals surface area contributed by atoms with E-state index in [1.807, 2.05) is 6.20 Å². The number of aryl methyl sites for hydroxylation is 1. The van der Waals surface area contributed by atoms with Crippen LogP contribution in [-0.2, 0) is 12.8 Å². The number of H-pyrrole nitrogens is 1. The largest absolute Gasteiger partial charge is 0.365 e. The minimum atomic E-state index is -0.414. The minimum Gasteiger partial charge on any atom is -0.365 e. The summed E-state index contributed by atoms with van der Waals surface area (Å²) in [6, 6.07) is 10.1. The molecule has 1 atom stereocenters. The molecule has 1 saturated heterocycles. The van der Waals surface area contributed by atoms with Gasteiger partial charge in [0.05, 0.1) is 12.4 Å². The number of aromatic nitrogens is 6. The van der Waals surface area contributed by atoms with E-state index in [2.05, 4.69) is 56.4 Å². The van der Waals surface area contributed by atoms with Gasteiger partial charge in [-0.25, -0.2) is 9.37 Å². The van der Waals surface area contributed by atoms with Gasteiger partial charge in [0.15, 0.2) is 11.5 Å². The van der Waals surface area contributed by atoms with E-state index in [1.165, 1.54) is 34.4 Å². The molecule has 5 aromatic rings. The number of hydrogen-bond donors (Lipinski definition) is 2. The van der Waals surface area contributed by atoms with Gasteiger partial charge in [0.1, 0.15) is 11.5 Å². The molecule has 0 saturated carbocycles. The molecule has 2 N–H and O–H groups in total. The lowest BCUT2D eigenvalue weighted by atomic mass is 9.91. The Morgan fingerprint density at radius 1 is 1.05 bits per heavy atom. The van der Waals surface area contributed by atoms with Gasteiger partial charge in [0.2, 0.25) is 5.95 Å². The zero-order valence-corrected chi connectivity index (χ0v) is 20.7. The Morgan fingerprint density at radius 2 is 1.92 bits per heavy atom. The molecule has 1 unspecified atom stereocenters. The molecule has 188 valence electrons. The Bertz CT molecular complexity index is 1600. The van der Waals surface area contributed by atoms with Gasteiger partial charge in [-0.3, -0.25) is 4.98 Å². The summed E-state index contributed by atoms with van der Waals surface area (Å²) in [7, 11) is 2.13. The van der Waals surface area contributed by atoms with E-state index in [0.717, 1.165) is 51.1 Å². The zero-order valence-electron chi connectivity index (χ0n) is 20.7. The number of nitrogens with zero attached hydrogens (tertiary/aromatic N) is 7. The van der Waals surface area contributed by atoms with Crippen LogP contribution in [0.3, 0.4) is 0 Å². The summed E-state index contributed by atoms with van der Waals surface area (Å²) in [5.74, 6) is 0.627. The van der Waals surface area contributed by atoms with Gasteiger partial charge in [-0.1, -0.05) is 18.2 Å². The lowest BCUT2D eigenvalue weighted by molar-refractivity contribution is 0.313. The molecule has 1 fully saturated rings. The number of benzene rings is 1. The Morgan fingerprint density at radius 3 is 2.78 bits per heavy atom. The highest BCUT2D eigenvalue weighted by molar-refractivity contribution is 5.85. The Balaban J connectivity index is 1.28. The Labute approximate surface area is 213 Å². The molecule has 4 aromatic heterocycles. The van der Waals surface area contributed by atoms with Gasteiger partial charge in [-0.05, 0) is 44.0 Å². The predicted octanol–water partition coefficient (Wildman–Crippen LogP) is 3.53. The fourth-order valence-corrected chi connectivity index (χ4v) is 5.57. The van der Waals surface area contributed by atoms with E-state index in [4.69, 9.17) is 15.1 Å². The van der Waals surface area contributed by atoms with Crippen molar-refractivity contribution < 1.29 is 4.39 Å². The summed E-state index contributed by atoms with van der Waals surface area (Å²) in [6.45, 7) is 3.74. The summed E-state index contributed by atoms with van der Waals surface area (Å²) in [4.78, 5) is 21.9. The molecule has 37 heavy (non-hydrogen) atoms. The van der Waals surface area contributed by atoms with Gasteiger partial charge in [-0.15, -0.1) is 0 Å². The highest BCUT2D eigenvalue weighted by Crippen LogP contribution is 2.31.